The Labute approximate surface area is 130 Å². The van der Waals surface area contributed by atoms with Crippen molar-refractivity contribution in [2.24, 2.45) is 10.2 Å². The van der Waals surface area contributed by atoms with Gasteiger partial charge in [-0.05, 0) is 6.07 Å². The van der Waals surface area contributed by atoms with Crippen LogP contribution >= 0.6 is 0 Å². The van der Waals surface area contributed by atoms with E-state index in [0.29, 0.717) is 10.9 Å². The number of nitrogens with zero attached hydrogens (tertiary/aromatic N) is 2. The minimum atomic E-state index is -1.31. The third-order valence-electron chi connectivity index (χ3n) is 3.12. The van der Waals surface area contributed by atoms with Crippen LogP contribution < -0.4 is 0 Å². The van der Waals surface area contributed by atoms with Gasteiger partial charge in [0.05, 0.1) is 11.7 Å². The van der Waals surface area contributed by atoms with E-state index in [-0.39, 0.29) is 17.1 Å². The highest BCUT2D eigenvalue weighted by molar-refractivity contribution is 6.15. The predicted molar refractivity (Wildman–Crippen MR) is 78.8 cm³/mol. The maximum Gasteiger partial charge on any atom is 0.350 e. The van der Waals surface area contributed by atoms with E-state index >= 15 is 0 Å². The van der Waals surface area contributed by atoms with Gasteiger partial charge in [0.2, 0.25) is 5.88 Å². The molecular weight excluding hydrogens is 302 g/mol. The van der Waals surface area contributed by atoms with Gasteiger partial charge in [0.25, 0.3) is 5.79 Å². The normalized spacial score (nSPS) is 17.4. The Morgan fingerprint density at radius 2 is 1.83 bits per heavy atom. The molecule has 2 aromatic rings. The van der Waals surface area contributed by atoms with E-state index in [1.165, 1.54) is 13.8 Å². The van der Waals surface area contributed by atoms with Gasteiger partial charge in [-0.3, -0.25) is 0 Å². The summed E-state index contributed by atoms with van der Waals surface area (Å²) in [6.07, 6.45) is 0.946. The van der Waals surface area contributed by atoms with Gasteiger partial charge < -0.3 is 19.6 Å². The van der Waals surface area contributed by atoms with Crippen molar-refractivity contribution in [2.75, 3.05) is 0 Å². The molecule has 0 radical (unpaired) electrons. The molecule has 0 atom stereocenters. The first kappa shape index (κ1) is 14.8. The molecule has 0 unspecified atom stereocenters. The SMILES string of the molecule is CC1(C)OC(=O)C(=CN=Nc2c(O)[nH]c3ccccc23)C(=O)O1. The summed E-state index contributed by atoms with van der Waals surface area (Å²) in [5, 5.41) is 18.0. The van der Waals surface area contributed by atoms with E-state index < -0.39 is 17.7 Å². The molecule has 1 aliphatic heterocycles. The first-order chi connectivity index (χ1) is 10.9. The van der Waals surface area contributed by atoms with Gasteiger partial charge in [0.1, 0.15) is 0 Å². The van der Waals surface area contributed by atoms with E-state index in [4.69, 9.17) is 9.47 Å². The molecule has 0 amide bonds. The van der Waals surface area contributed by atoms with Crippen LogP contribution in [0.5, 0.6) is 5.88 Å². The smallest absolute Gasteiger partial charge is 0.350 e. The highest BCUT2D eigenvalue weighted by Crippen LogP contribution is 2.35. The Kier molecular flexibility index (Phi) is 3.36. The van der Waals surface area contributed by atoms with E-state index in [9.17, 15) is 14.7 Å². The Morgan fingerprint density at radius 3 is 2.52 bits per heavy atom. The first-order valence-electron chi connectivity index (χ1n) is 6.75. The number of esters is 2. The first-order valence-corrected chi connectivity index (χ1v) is 6.75. The number of rotatable bonds is 2. The lowest BCUT2D eigenvalue weighted by Gasteiger charge is -2.29. The lowest BCUT2D eigenvalue weighted by atomic mass is 10.2. The molecule has 0 saturated carbocycles. The molecule has 3 rings (SSSR count). The van der Waals surface area contributed by atoms with Crippen LogP contribution in [-0.2, 0) is 19.1 Å². The van der Waals surface area contributed by atoms with Gasteiger partial charge in [-0.15, -0.1) is 5.11 Å². The van der Waals surface area contributed by atoms with Crippen LogP contribution in [0.3, 0.4) is 0 Å². The molecule has 1 aliphatic rings. The number of carbonyl (C=O) groups excluding carboxylic acids is 2. The number of nitrogens with one attached hydrogen (secondary N) is 1. The fraction of sp³-hybridized carbons (Fsp3) is 0.200. The molecule has 1 aromatic carbocycles. The second kappa shape index (κ2) is 5.24. The van der Waals surface area contributed by atoms with Crippen molar-refractivity contribution in [3.05, 3.63) is 36.0 Å². The molecule has 23 heavy (non-hydrogen) atoms. The molecule has 2 heterocycles. The van der Waals surface area contributed by atoms with Crippen molar-refractivity contribution in [2.45, 2.75) is 19.6 Å². The van der Waals surface area contributed by atoms with Crippen LogP contribution in [-0.4, -0.2) is 27.8 Å². The van der Waals surface area contributed by atoms with Crippen molar-refractivity contribution in [1.29, 1.82) is 0 Å². The number of H-pyrrole nitrogens is 1. The van der Waals surface area contributed by atoms with Crippen molar-refractivity contribution in [1.82, 2.24) is 4.98 Å². The highest BCUT2D eigenvalue weighted by atomic mass is 16.7. The van der Waals surface area contributed by atoms with Crippen LogP contribution in [0, 0.1) is 0 Å². The van der Waals surface area contributed by atoms with Crippen LogP contribution in [0.4, 0.5) is 5.69 Å². The second-order valence-electron chi connectivity index (χ2n) is 5.30. The number of carbonyl (C=O) groups is 2. The number of cyclic esters (lactones) is 2. The molecule has 1 aromatic heterocycles. The molecule has 1 saturated heterocycles. The third-order valence-corrected chi connectivity index (χ3v) is 3.12. The maximum atomic E-state index is 11.7. The number of aromatic nitrogens is 1. The summed E-state index contributed by atoms with van der Waals surface area (Å²) in [5.41, 5.74) is 0.521. The van der Waals surface area contributed by atoms with Crippen molar-refractivity contribution < 1.29 is 24.2 Å². The Bertz CT molecular complexity index is 841. The Hall–Kier alpha value is -3.16. The summed E-state index contributed by atoms with van der Waals surface area (Å²) in [7, 11) is 0. The van der Waals surface area contributed by atoms with Crippen LogP contribution in [0.1, 0.15) is 13.8 Å². The number of aromatic hydroxyl groups is 1. The number of hydrogen-bond acceptors (Lipinski definition) is 7. The number of azo groups is 1. The van der Waals surface area contributed by atoms with Gasteiger partial charge in [-0.2, -0.15) is 5.11 Å². The van der Waals surface area contributed by atoms with Crippen LogP contribution in [0.15, 0.2) is 46.3 Å². The third kappa shape index (κ3) is 2.78. The molecule has 0 bridgehead atoms. The maximum absolute atomic E-state index is 11.7. The fourth-order valence-electron chi connectivity index (χ4n) is 2.12. The molecule has 0 aliphatic carbocycles. The monoisotopic (exact) mass is 315 g/mol. The Morgan fingerprint density at radius 1 is 1.17 bits per heavy atom. The molecule has 2 N–H and O–H groups in total. The van der Waals surface area contributed by atoms with Gasteiger partial charge >= 0.3 is 11.9 Å². The second-order valence-corrected chi connectivity index (χ2v) is 5.30. The average molecular weight is 315 g/mol. The lowest BCUT2D eigenvalue weighted by molar-refractivity contribution is -0.222. The molecule has 118 valence electrons. The summed E-state index contributed by atoms with van der Waals surface area (Å²) >= 11 is 0. The average Bonchev–Trinajstić information content (AvgIpc) is 2.76. The quantitative estimate of drug-likeness (QED) is 0.383. The van der Waals surface area contributed by atoms with E-state index in [2.05, 4.69) is 15.2 Å². The van der Waals surface area contributed by atoms with E-state index in [1.54, 1.807) is 24.3 Å². The van der Waals surface area contributed by atoms with Gasteiger partial charge in [-0.1, -0.05) is 18.2 Å². The van der Waals surface area contributed by atoms with Crippen LogP contribution in [0.25, 0.3) is 10.9 Å². The summed E-state index contributed by atoms with van der Waals surface area (Å²) in [6.45, 7) is 2.90. The zero-order valence-corrected chi connectivity index (χ0v) is 12.4. The summed E-state index contributed by atoms with van der Waals surface area (Å²) in [5.74, 6) is -3.15. The molecule has 8 nitrogen and oxygen atoms in total. The molecule has 0 spiro atoms. The fourth-order valence-corrected chi connectivity index (χ4v) is 2.12. The minimum Gasteiger partial charge on any atom is -0.493 e. The zero-order chi connectivity index (χ0) is 16.6. The summed E-state index contributed by atoms with van der Waals surface area (Å²) in [6, 6.07) is 7.10. The number of ether oxygens (including phenoxy) is 2. The molecule has 1 fully saturated rings. The van der Waals surface area contributed by atoms with E-state index in [0.717, 1.165) is 6.20 Å². The zero-order valence-electron chi connectivity index (χ0n) is 12.4. The summed E-state index contributed by atoms with van der Waals surface area (Å²) < 4.78 is 9.86. The largest absolute Gasteiger partial charge is 0.493 e. The highest BCUT2D eigenvalue weighted by Gasteiger charge is 2.39. The minimum absolute atomic E-state index is 0.164. The predicted octanol–water partition coefficient (Wildman–Crippen LogP) is 2.68. The van der Waals surface area contributed by atoms with Crippen molar-refractivity contribution >= 4 is 28.5 Å². The number of aromatic amines is 1. The topological polar surface area (TPSA) is 113 Å². The van der Waals surface area contributed by atoms with Gasteiger partial charge in [0.15, 0.2) is 11.3 Å². The van der Waals surface area contributed by atoms with Gasteiger partial charge in [0, 0.05) is 19.2 Å². The molecule has 8 heteroatoms. The lowest BCUT2D eigenvalue weighted by Crippen LogP contribution is -2.41. The number of hydrogen-bond donors (Lipinski definition) is 2. The standard InChI is InChI=1S/C15H13N3O5/c1-15(2)22-13(20)9(14(21)23-15)7-16-18-11-8-5-3-4-6-10(8)17-12(11)19/h3-7,17,19H,1-2H3. The van der Waals surface area contributed by atoms with E-state index in [1.807, 2.05) is 0 Å². The van der Waals surface area contributed by atoms with Crippen molar-refractivity contribution in [3.8, 4) is 5.88 Å². The number of benzene rings is 1. The Balaban J connectivity index is 1.89. The summed E-state index contributed by atoms with van der Waals surface area (Å²) in [4.78, 5) is 26.2. The number of para-hydroxylation sites is 1. The number of fused-ring (bicyclic) bond motifs is 1. The molecular formula is C15H13N3O5. The van der Waals surface area contributed by atoms with Crippen molar-refractivity contribution in [3.63, 3.8) is 0 Å². The van der Waals surface area contributed by atoms with Crippen LogP contribution in [0.2, 0.25) is 0 Å². The van der Waals surface area contributed by atoms with Gasteiger partial charge in [-0.25, -0.2) is 9.59 Å².